The van der Waals surface area contributed by atoms with Gasteiger partial charge in [0.25, 0.3) is 0 Å². The molecule has 0 saturated carbocycles. The van der Waals surface area contributed by atoms with E-state index in [1.807, 2.05) is 37.3 Å². The Labute approximate surface area is 133 Å². The minimum atomic E-state index is 0.629. The molecule has 0 unspecified atom stereocenters. The quantitative estimate of drug-likeness (QED) is 0.773. The van der Waals surface area contributed by atoms with E-state index in [9.17, 15) is 0 Å². The number of hydrogen-bond acceptors (Lipinski definition) is 4. The molecule has 0 atom stereocenters. The highest BCUT2D eigenvalue weighted by atomic mass is 79.9. The van der Waals surface area contributed by atoms with Crippen LogP contribution in [0.2, 0.25) is 0 Å². The molecular weight excluding hydrogens is 332 g/mol. The maximum Gasteiger partial charge on any atom is 0.223 e. The summed E-state index contributed by atoms with van der Waals surface area (Å²) in [4.78, 5) is 4.32. The predicted molar refractivity (Wildman–Crippen MR) is 86.8 cm³/mol. The molecule has 5 heteroatoms. The minimum Gasteiger partial charge on any atom is -0.439 e. The summed E-state index contributed by atoms with van der Waals surface area (Å²) in [6.07, 6.45) is 1.74. The van der Waals surface area contributed by atoms with E-state index in [0.29, 0.717) is 19.0 Å². The summed E-state index contributed by atoms with van der Waals surface area (Å²) in [5.74, 6) is 1.41. The van der Waals surface area contributed by atoms with E-state index < -0.39 is 0 Å². The lowest BCUT2D eigenvalue weighted by atomic mass is 10.2. The number of hydrogen-bond donors (Lipinski definition) is 1. The van der Waals surface area contributed by atoms with Crippen LogP contribution in [0.1, 0.15) is 11.1 Å². The minimum absolute atomic E-state index is 0.629. The lowest BCUT2D eigenvalue weighted by Gasteiger charge is -2.11. The van der Waals surface area contributed by atoms with E-state index in [4.69, 9.17) is 9.47 Å². The lowest BCUT2D eigenvalue weighted by molar-refractivity contribution is 0.199. The Morgan fingerprint density at radius 3 is 2.90 bits per heavy atom. The fourth-order valence-corrected chi connectivity index (χ4v) is 2.09. The van der Waals surface area contributed by atoms with Gasteiger partial charge in [0.1, 0.15) is 5.75 Å². The number of methoxy groups -OCH3 is 1. The van der Waals surface area contributed by atoms with Gasteiger partial charge < -0.3 is 14.8 Å². The van der Waals surface area contributed by atoms with Crippen LogP contribution < -0.4 is 10.1 Å². The van der Waals surface area contributed by atoms with Crippen molar-refractivity contribution in [3.8, 4) is 11.6 Å². The topological polar surface area (TPSA) is 43.4 Å². The molecule has 1 aromatic heterocycles. The number of nitrogens with one attached hydrogen (secondary N) is 1. The Kier molecular flexibility index (Phi) is 6.17. The third kappa shape index (κ3) is 4.81. The Balaban J connectivity index is 2.06. The molecule has 4 nitrogen and oxygen atoms in total. The molecule has 1 heterocycles. The van der Waals surface area contributed by atoms with Crippen molar-refractivity contribution in [2.24, 2.45) is 0 Å². The highest BCUT2D eigenvalue weighted by Crippen LogP contribution is 2.26. The normalized spacial score (nSPS) is 10.6. The number of rotatable bonds is 7. The molecule has 2 aromatic rings. The summed E-state index contributed by atoms with van der Waals surface area (Å²) in [5.41, 5.74) is 2.15. The number of halogens is 1. The van der Waals surface area contributed by atoms with Crippen molar-refractivity contribution in [3.63, 3.8) is 0 Å². The van der Waals surface area contributed by atoms with E-state index in [1.54, 1.807) is 13.3 Å². The van der Waals surface area contributed by atoms with Crippen molar-refractivity contribution in [2.75, 3.05) is 20.3 Å². The SMILES string of the molecule is COCCNCc1cccnc1Oc1ccc(Br)c(C)c1. The highest BCUT2D eigenvalue weighted by Gasteiger charge is 2.06. The summed E-state index contributed by atoms with van der Waals surface area (Å²) < 4.78 is 12.0. The fraction of sp³-hybridized carbons (Fsp3) is 0.312. The van der Waals surface area contributed by atoms with Gasteiger partial charge in [-0.3, -0.25) is 0 Å². The highest BCUT2D eigenvalue weighted by molar-refractivity contribution is 9.10. The van der Waals surface area contributed by atoms with Crippen molar-refractivity contribution < 1.29 is 9.47 Å². The first-order chi connectivity index (χ1) is 10.2. The van der Waals surface area contributed by atoms with Gasteiger partial charge >= 0.3 is 0 Å². The third-order valence-electron chi connectivity index (χ3n) is 2.99. The van der Waals surface area contributed by atoms with E-state index in [0.717, 1.165) is 27.9 Å². The van der Waals surface area contributed by atoms with Crippen LogP contribution in [-0.2, 0) is 11.3 Å². The van der Waals surface area contributed by atoms with Crippen molar-refractivity contribution in [1.82, 2.24) is 10.3 Å². The van der Waals surface area contributed by atoms with Gasteiger partial charge in [-0.25, -0.2) is 4.98 Å². The Bertz CT molecular complexity index is 590. The second-order valence-electron chi connectivity index (χ2n) is 4.65. The predicted octanol–water partition coefficient (Wildman–Crippen LogP) is 3.68. The van der Waals surface area contributed by atoms with Crippen LogP contribution in [-0.4, -0.2) is 25.2 Å². The zero-order chi connectivity index (χ0) is 15.1. The van der Waals surface area contributed by atoms with Gasteiger partial charge in [0.15, 0.2) is 0 Å². The van der Waals surface area contributed by atoms with Crippen molar-refractivity contribution in [2.45, 2.75) is 13.5 Å². The monoisotopic (exact) mass is 350 g/mol. The van der Waals surface area contributed by atoms with Gasteiger partial charge in [-0.1, -0.05) is 22.0 Å². The molecule has 112 valence electrons. The van der Waals surface area contributed by atoms with Crippen LogP contribution in [0, 0.1) is 6.92 Å². The molecule has 1 N–H and O–H groups in total. The molecule has 0 fully saturated rings. The van der Waals surface area contributed by atoms with Crippen LogP contribution in [0.4, 0.5) is 0 Å². The summed E-state index contributed by atoms with van der Waals surface area (Å²) in [7, 11) is 1.69. The second-order valence-corrected chi connectivity index (χ2v) is 5.50. The molecule has 2 rings (SSSR count). The number of ether oxygens (including phenoxy) is 2. The molecule has 1 aromatic carbocycles. The van der Waals surface area contributed by atoms with E-state index >= 15 is 0 Å². The summed E-state index contributed by atoms with van der Waals surface area (Å²) in [5, 5.41) is 3.30. The smallest absolute Gasteiger partial charge is 0.223 e. The van der Waals surface area contributed by atoms with E-state index in [1.165, 1.54) is 0 Å². The Hall–Kier alpha value is -1.43. The van der Waals surface area contributed by atoms with Crippen LogP contribution in [0.25, 0.3) is 0 Å². The van der Waals surface area contributed by atoms with E-state index in [2.05, 4.69) is 26.2 Å². The molecule has 21 heavy (non-hydrogen) atoms. The fourth-order valence-electron chi connectivity index (χ4n) is 1.84. The van der Waals surface area contributed by atoms with Crippen LogP contribution in [0.15, 0.2) is 41.0 Å². The van der Waals surface area contributed by atoms with Crippen LogP contribution >= 0.6 is 15.9 Å². The van der Waals surface area contributed by atoms with Gasteiger partial charge in [0.05, 0.1) is 6.61 Å². The van der Waals surface area contributed by atoms with Gasteiger partial charge in [-0.15, -0.1) is 0 Å². The van der Waals surface area contributed by atoms with Gasteiger partial charge in [0, 0.05) is 36.4 Å². The number of aromatic nitrogens is 1. The van der Waals surface area contributed by atoms with Crippen LogP contribution in [0.3, 0.4) is 0 Å². The molecule has 0 saturated heterocycles. The standard InChI is InChI=1S/C16H19BrN2O2/c1-12-10-14(5-6-15(12)17)21-16-13(4-3-7-19-16)11-18-8-9-20-2/h3-7,10,18H,8-9,11H2,1-2H3. The molecule has 0 amide bonds. The number of aryl methyl sites for hydroxylation is 1. The summed E-state index contributed by atoms with van der Waals surface area (Å²) in [6.45, 7) is 4.20. The van der Waals surface area contributed by atoms with E-state index in [-0.39, 0.29) is 0 Å². The zero-order valence-corrected chi connectivity index (χ0v) is 13.8. The second kappa shape index (κ2) is 8.12. The average Bonchev–Trinajstić information content (AvgIpc) is 2.49. The van der Waals surface area contributed by atoms with Gasteiger partial charge in [-0.2, -0.15) is 0 Å². The molecule has 0 radical (unpaired) electrons. The molecular formula is C16H19BrN2O2. The number of benzene rings is 1. The lowest BCUT2D eigenvalue weighted by Crippen LogP contribution is -2.19. The van der Waals surface area contributed by atoms with Crippen molar-refractivity contribution >= 4 is 15.9 Å². The Morgan fingerprint density at radius 2 is 2.14 bits per heavy atom. The first-order valence-electron chi connectivity index (χ1n) is 6.78. The number of pyridine rings is 1. The summed E-state index contributed by atoms with van der Waals surface area (Å²) >= 11 is 3.49. The zero-order valence-electron chi connectivity index (χ0n) is 12.2. The van der Waals surface area contributed by atoms with Crippen LogP contribution in [0.5, 0.6) is 11.6 Å². The van der Waals surface area contributed by atoms with Crippen molar-refractivity contribution in [1.29, 1.82) is 0 Å². The van der Waals surface area contributed by atoms with Crippen molar-refractivity contribution in [3.05, 3.63) is 52.1 Å². The average molecular weight is 351 g/mol. The maximum atomic E-state index is 5.90. The molecule has 0 aliphatic carbocycles. The summed E-state index contributed by atoms with van der Waals surface area (Å²) in [6, 6.07) is 9.81. The third-order valence-corrected chi connectivity index (χ3v) is 3.88. The Morgan fingerprint density at radius 1 is 1.29 bits per heavy atom. The molecule has 0 aliphatic heterocycles. The number of nitrogens with zero attached hydrogens (tertiary/aromatic N) is 1. The van der Waals surface area contributed by atoms with Gasteiger partial charge in [0.2, 0.25) is 5.88 Å². The molecule has 0 bridgehead atoms. The first-order valence-corrected chi connectivity index (χ1v) is 7.57. The molecule has 0 aliphatic rings. The first kappa shape index (κ1) is 15.9. The largest absolute Gasteiger partial charge is 0.439 e. The maximum absolute atomic E-state index is 5.90. The van der Waals surface area contributed by atoms with Gasteiger partial charge in [-0.05, 0) is 36.8 Å². The molecule has 0 spiro atoms.